The maximum atomic E-state index is 9.96. The van der Waals surface area contributed by atoms with E-state index in [2.05, 4.69) is 4.90 Å². The fourth-order valence-corrected chi connectivity index (χ4v) is 2.20. The normalized spacial score (nSPS) is 24.1. The summed E-state index contributed by atoms with van der Waals surface area (Å²) in [5, 5.41) is 9.96. The van der Waals surface area contributed by atoms with Gasteiger partial charge in [0.2, 0.25) is 0 Å². The molecule has 94 valence electrons. The lowest BCUT2D eigenvalue weighted by Gasteiger charge is -2.21. The predicted molar refractivity (Wildman–Crippen MR) is 69.5 cm³/mol. The van der Waals surface area contributed by atoms with E-state index >= 15 is 0 Å². The molecule has 0 amide bonds. The van der Waals surface area contributed by atoms with Gasteiger partial charge in [-0.1, -0.05) is 0 Å². The van der Waals surface area contributed by atoms with Crippen molar-refractivity contribution >= 4 is 11.4 Å². The zero-order chi connectivity index (χ0) is 12.5. The predicted octanol–water partition coefficient (Wildman–Crippen LogP) is 1.63. The Morgan fingerprint density at radius 2 is 2.24 bits per heavy atom. The molecule has 1 aromatic rings. The third-order valence-electron chi connectivity index (χ3n) is 3.04. The highest BCUT2D eigenvalue weighted by molar-refractivity contribution is 5.61. The van der Waals surface area contributed by atoms with Crippen molar-refractivity contribution < 1.29 is 9.84 Å². The number of hydrogen-bond donors (Lipinski definition) is 2. The molecule has 0 aliphatic carbocycles. The third-order valence-corrected chi connectivity index (χ3v) is 3.04. The van der Waals surface area contributed by atoms with Crippen molar-refractivity contribution in [1.29, 1.82) is 0 Å². The summed E-state index contributed by atoms with van der Waals surface area (Å²) in [4.78, 5) is 2.14. The monoisotopic (exact) mass is 236 g/mol. The van der Waals surface area contributed by atoms with Crippen LogP contribution in [0, 0.1) is 0 Å². The number of nitrogens with two attached hydrogens (primary N) is 1. The summed E-state index contributed by atoms with van der Waals surface area (Å²) in [6.07, 6.45) is 0.783. The van der Waals surface area contributed by atoms with Crippen LogP contribution in [-0.2, 0) is 0 Å². The van der Waals surface area contributed by atoms with Crippen molar-refractivity contribution in [3.63, 3.8) is 0 Å². The molecule has 0 spiro atoms. The molecule has 2 rings (SSSR count). The van der Waals surface area contributed by atoms with Crippen LogP contribution < -0.4 is 15.4 Å². The maximum absolute atomic E-state index is 9.96. The van der Waals surface area contributed by atoms with Gasteiger partial charge < -0.3 is 20.5 Å². The molecule has 1 fully saturated rings. The van der Waals surface area contributed by atoms with Crippen molar-refractivity contribution in [2.75, 3.05) is 30.3 Å². The van der Waals surface area contributed by atoms with Crippen molar-refractivity contribution in [2.24, 2.45) is 0 Å². The molecule has 0 saturated carbocycles. The molecule has 1 saturated heterocycles. The zero-order valence-electron chi connectivity index (χ0n) is 10.4. The van der Waals surface area contributed by atoms with Gasteiger partial charge in [0.15, 0.2) is 0 Å². The molecular weight excluding hydrogens is 216 g/mol. The highest BCUT2D eigenvalue weighted by Gasteiger charge is 2.31. The molecule has 1 aliphatic rings. The first kappa shape index (κ1) is 12.0. The van der Waals surface area contributed by atoms with Gasteiger partial charge in [0.05, 0.1) is 12.2 Å². The van der Waals surface area contributed by atoms with Gasteiger partial charge in [0.25, 0.3) is 0 Å². The molecule has 3 N–H and O–H groups in total. The average Bonchev–Trinajstić information content (AvgIpc) is 2.58. The summed E-state index contributed by atoms with van der Waals surface area (Å²) < 4.78 is 5.47. The lowest BCUT2D eigenvalue weighted by molar-refractivity contribution is 0.0839. The van der Waals surface area contributed by atoms with Gasteiger partial charge in [0, 0.05) is 36.6 Å². The van der Waals surface area contributed by atoms with Gasteiger partial charge >= 0.3 is 0 Å². The van der Waals surface area contributed by atoms with Crippen LogP contribution in [-0.4, -0.2) is 30.4 Å². The van der Waals surface area contributed by atoms with Crippen LogP contribution in [0.2, 0.25) is 0 Å². The molecule has 1 aromatic carbocycles. The number of ether oxygens (including phenoxy) is 1. The standard InChI is InChI=1S/C13H20N2O2/c1-3-17-12-7-10(14)6-11(8-12)15-5-4-13(2,16)9-15/h6-8,16H,3-5,9,14H2,1-2H3. The molecule has 0 bridgehead atoms. The number of benzene rings is 1. The smallest absolute Gasteiger partial charge is 0.123 e. The van der Waals surface area contributed by atoms with E-state index in [-0.39, 0.29) is 0 Å². The maximum Gasteiger partial charge on any atom is 0.123 e. The molecule has 1 atom stereocenters. The van der Waals surface area contributed by atoms with E-state index in [1.807, 2.05) is 32.0 Å². The number of β-amino-alcohol motifs (C(OH)–C–C–N with tert-alkyl or cyclic N) is 1. The summed E-state index contributed by atoms with van der Waals surface area (Å²) in [5.74, 6) is 0.786. The minimum atomic E-state index is -0.601. The largest absolute Gasteiger partial charge is 0.494 e. The van der Waals surface area contributed by atoms with Gasteiger partial charge in [0.1, 0.15) is 5.75 Å². The molecule has 4 nitrogen and oxygen atoms in total. The molecular formula is C13H20N2O2. The number of aliphatic hydroxyl groups is 1. The second-order valence-electron chi connectivity index (χ2n) is 4.86. The van der Waals surface area contributed by atoms with Crippen molar-refractivity contribution in [3.05, 3.63) is 18.2 Å². The van der Waals surface area contributed by atoms with Crippen LogP contribution in [0.3, 0.4) is 0 Å². The average molecular weight is 236 g/mol. The molecule has 1 unspecified atom stereocenters. The molecule has 1 aliphatic heterocycles. The molecule has 1 heterocycles. The van der Waals surface area contributed by atoms with Crippen molar-refractivity contribution in [2.45, 2.75) is 25.9 Å². The highest BCUT2D eigenvalue weighted by atomic mass is 16.5. The van der Waals surface area contributed by atoms with E-state index in [9.17, 15) is 5.11 Å². The number of anilines is 2. The minimum absolute atomic E-state index is 0.601. The summed E-state index contributed by atoms with van der Waals surface area (Å²) in [5.41, 5.74) is 6.97. The number of rotatable bonds is 3. The Kier molecular flexibility index (Phi) is 3.15. The Morgan fingerprint density at radius 3 is 2.82 bits per heavy atom. The van der Waals surface area contributed by atoms with E-state index in [0.29, 0.717) is 18.8 Å². The number of hydrogen-bond acceptors (Lipinski definition) is 4. The van der Waals surface area contributed by atoms with Crippen molar-refractivity contribution in [3.8, 4) is 5.75 Å². The van der Waals surface area contributed by atoms with Crippen LogP contribution >= 0.6 is 0 Å². The van der Waals surface area contributed by atoms with E-state index in [0.717, 1.165) is 24.4 Å². The molecule has 4 heteroatoms. The second-order valence-corrected chi connectivity index (χ2v) is 4.86. The Balaban J connectivity index is 2.21. The summed E-state index contributed by atoms with van der Waals surface area (Å²) in [6, 6.07) is 5.71. The molecule has 0 aromatic heterocycles. The Bertz CT molecular complexity index is 404. The van der Waals surface area contributed by atoms with E-state index < -0.39 is 5.60 Å². The first-order valence-electron chi connectivity index (χ1n) is 6.01. The lowest BCUT2D eigenvalue weighted by atomic mass is 10.1. The first-order valence-corrected chi connectivity index (χ1v) is 6.01. The summed E-state index contributed by atoms with van der Waals surface area (Å²) in [7, 11) is 0. The fourth-order valence-electron chi connectivity index (χ4n) is 2.20. The van der Waals surface area contributed by atoms with Crippen LogP contribution in [0.5, 0.6) is 5.75 Å². The summed E-state index contributed by atoms with van der Waals surface area (Å²) in [6.45, 7) is 5.93. The van der Waals surface area contributed by atoms with Crippen LogP contribution in [0.1, 0.15) is 20.3 Å². The van der Waals surface area contributed by atoms with Crippen LogP contribution in [0.25, 0.3) is 0 Å². The van der Waals surface area contributed by atoms with E-state index in [1.54, 1.807) is 0 Å². The van der Waals surface area contributed by atoms with Gasteiger partial charge in [-0.15, -0.1) is 0 Å². The number of nitrogen functional groups attached to an aromatic ring is 1. The lowest BCUT2D eigenvalue weighted by Crippen LogP contribution is -2.29. The second kappa shape index (κ2) is 4.45. The van der Waals surface area contributed by atoms with E-state index in [1.165, 1.54) is 0 Å². The van der Waals surface area contributed by atoms with E-state index in [4.69, 9.17) is 10.5 Å². The first-order chi connectivity index (χ1) is 8.00. The van der Waals surface area contributed by atoms with Gasteiger partial charge in [-0.05, 0) is 26.3 Å². The Morgan fingerprint density at radius 1 is 1.47 bits per heavy atom. The van der Waals surface area contributed by atoms with Crippen LogP contribution in [0.4, 0.5) is 11.4 Å². The summed E-state index contributed by atoms with van der Waals surface area (Å²) >= 11 is 0. The topological polar surface area (TPSA) is 58.7 Å². The third kappa shape index (κ3) is 2.82. The fraction of sp³-hybridized carbons (Fsp3) is 0.538. The van der Waals surface area contributed by atoms with Gasteiger partial charge in [-0.3, -0.25) is 0 Å². The van der Waals surface area contributed by atoms with Crippen molar-refractivity contribution in [1.82, 2.24) is 0 Å². The van der Waals surface area contributed by atoms with Crippen LogP contribution in [0.15, 0.2) is 18.2 Å². The number of nitrogens with zero attached hydrogens (tertiary/aromatic N) is 1. The Labute approximate surface area is 102 Å². The van der Waals surface area contributed by atoms with Gasteiger partial charge in [-0.2, -0.15) is 0 Å². The minimum Gasteiger partial charge on any atom is -0.494 e. The van der Waals surface area contributed by atoms with Gasteiger partial charge in [-0.25, -0.2) is 0 Å². The quantitative estimate of drug-likeness (QED) is 0.783. The zero-order valence-corrected chi connectivity index (χ0v) is 10.4. The SMILES string of the molecule is CCOc1cc(N)cc(N2CCC(C)(O)C2)c1. The molecule has 17 heavy (non-hydrogen) atoms. The Hall–Kier alpha value is -1.42. The highest BCUT2D eigenvalue weighted by Crippen LogP contribution is 2.31. The molecule has 0 radical (unpaired) electrons.